The molecule has 3 aromatic rings. The van der Waals surface area contributed by atoms with Crippen molar-refractivity contribution >= 4 is 17.6 Å². The Morgan fingerprint density at radius 3 is 2.36 bits per heavy atom. The molecule has 1 saturated heterocycles. The standard InChI is InChI=1S/C29H28ClFO5/c1-17(2)24-15-25(18-4-8-20(30)9-5-18)28(19-6-10-21(31)11-7-19)36-29(24)23-13-12-22(34-3)14-26(23)35-16-27(32)33/h4-14,24-25,28-29H,1,15-16H2,2-3H3,(H,32,33)/t24-,25-,28+,29-/m1/s1. The molecule has 36 heavy (non-hydrogen) atoms. The zero-order valence-electron chi connectivity index (χ0n) is 20.1. The molecule has 0 amide bonds. The van der Waals surface area contributed by atoms with E-state index in [9.17, 15) is 14.3 Å². The first-order valence-electron chi connectivity index (χ1n) is 11.6. The lowest BCUT2D eigenvalue weighted by atomic mass is 9.74. The second-order valence-corrected chi connectivity index (χ2v) is 9.40. The molecule has 1 fully saturated rings. The second kappa shape index (κ2) is 11.1. The summed E-state index contributed by atoms with van der Waals surface area (Å²) < 4.78 is 31.5. The summed E-state index contributed by atoms with van der Waals surface area (Å²) in [4.78, 5) is 11.2. The molecule has 1 heterocycles. The monoisotopic (exact) mass is 510 g/mol. The zero-order valence-corrected chi connectivity index (χ0v) is 20.9. The Bertz CT molecular complexity index is 1230. The third-order valence-electron chi connectivity index (χ3n) is 6.54. The van der Waals surface area contributed by atoms with Crippen LogP contribution in [0.25, 0.3) is 0 Å². The van der Waals surface area contributed by atoms with Gasteiger partial charge in [0.15, 0.2) is 6.61 Å². The van der Waals surface area contributed by atoms with Crippen molar-refractivity contribution in [2.45, 2.75) is 31.5 Å². The van der Waals surface area contributed by atoms with E-state index >= 15 is 0 Å². The summed E-state index contributed by atoms with van der Waals surface area (Å²) >= 11 is 6.14. The molecule has 4 rings (SSSR count). The van der Waals surface area contributed by atoms with E-state index in [-0.39, 0.29) is 17.7 Å². The molecular formula is C29H28ClFO5. The summed E-state index contributed by atoms with van der Waals surface area (Å²) in [7, 11) is 1.53. The van der Waals surface area contributed by atoms with Crippen LogP contribution in [-0.2, 0) is 9.53 Å². The van der Waals surface area contributed by atoms with Gasteiger partial charge in [0.25, 0.3) is 0 Å². The van der Waals surface area contributed by atoms with Crippen molar-refractivity contribution in [3.05, 3.63) is 106 Å². The Morgan fingerprint density at radius 2 is 1.75 bits per heavy atom. The predicted molar refractivity (Wildman–Crippen MR) is 136 cm³/mol. The Kier molecular flexibility index (Phi) is 7.97. The summed E-state index contributed by atoms with van der Waals surface area (Å²) in [5.41, 5.74) is 3.52. The Morgan fingerprint density at radius 1 is 1.08 bits per heavy atom. The fourth-order valence-electron chi connectivity index (χ4n) is 4.74. The molecule has 0 radical (unpaired) electrons. The molecule has 3 aromatic carbocycles. The second-order valence-electron chi connectivity index (χ2n) is 8.96. The number of aliphatic carboxylic acids is 1. The van der Waals surface area contributed by atoms with Gasteiger partial charge in [-0.1, -0.05) is 48.0 Å². The lowest BCUT2D eigenvalue weighted by Crippen LogP contribution is -2.32. The van der Waals surface area contributed by atoms with Gasteiger partial charge in [-0.2, -0.15) is 0 Å². The molecule has 4 atom stereocenters. The Hall–Kier alpha value is -3.35. The van der Waals surface area contributed by atoms with E-state index in [1.54, 1.807) is 24.3 Å². The maximum atomic E-state index is 13.8. The highest BCUT2D eigenvalue weighted by atomic mass is 35.5. The van der Waals surface area contributed by atoms with Crippen LogP contribution < -0.4 is 9.47 Å². The van der Waals surface area contributed by atoms with Gasteiger partial charge in [0, 0.05) is 28.5 Å². The first-order chi connectivity index (χ1) is 17.3. The normalized spacial score (nSPS) is 21.6. The molecule has 188 valence electrons. The van der Waals surface area contributed by atoms with Gasteiger partial charge in [-0.05, 0) is 60.9 Å². The summed E-state index contributed by atoms with van der Waals surface area (Å²) in [6, 6.07) is 19.3. The molecule has 7 heteroatoms. The molecule has 1 aliphatic heterocycles. The van der Waals surface area contributed by atoms with Gasteiger partial charge in [0.2, 0.25) is 0 Å². The molecule has 0 bridgehead atoms. The number of ether oxygens (including phenoxy) is 3. The fourth-order valence-corrected chi connectivity index (χ4v) is 4.87. The number of hydrogen-bond donors (Lipinski definition) is 1. The molecule has 0 aromatic heterocycles. The fraction of sp³-hybridized carbons (Fsp3) is 0.276. The van der Waals surface area contributed by atoms with Crippen molar-refractivity contribution in [1.29, 1.82) is 0 Å². The van der Waals surface area contributed by atoms with Crippen LogP contribution in [0.15, 0.2) is 78.9 Å². The number of rotatable bonds is 8. The summed E-state index contributed by atoms with van der Waals surface area (Å²) in [5, 5.41) is 9.83. The first kappa shape index (κ1) is 25.7. The lowest BCUT2D eigenvalue weighted by molar-refractivity contribution is -0.139. The van der Waals surface area contributed by atoms with Crippen LogP contribution in [0, 0.1) is 11.7 Å². The van der Waals surface area contributed by atoms with E-state index in [1.165, 1.54) is 19.2 Å². The van der Waals surface area contributed by atoms with Crippen LogP contribution in [0.2, 0.25) is 5.02 Å². The van der Waals surface area contributed by atoms with Crippen molar-refractivity contribution in [1.82, 2.24) is 0 Å². The number of carbonyl (C=O) groups is 1. The van der Waals surface area contributed by atoms with Crippen LogP contribution in [-0.4, -0.2) is 24.8 Å². The number of benzene rings is 3. The van der Waals surface area contributed by atoms with Gasteiger partial charge in [-0.25, -0.2) is 9.18 Å². The van der Waals surface area contributed by atoms with E-state index in [1.807, 2.05) is 37.3 Å². The van der Waals surface area contributed by atoms with Crippen LogP contribution in [0.5, 0.6) is 11.5 Å². The first-order valence-corrected chi connectivity index (χ1v) is 12.0. The highest BCUT2D eigenvalue weighted by molar-refractivity contribution is 6.30. The predicted octanol–water partition coefficient (Wildman–Crippen LogP) is 7.13. The SMILES string of the molecule is C=C(C)[C@H]1C[C@H](c2ccc(Cl)cc2)[C@H](c2ccc(F)cc2)O[C@@H]1c1ccc(OC)cc1OCC(=O)O. The maximum absolute atomic E-state index is 13.8. The molecule has 5 nitrogen and oxygen atoms in total. The third kappa shape index (κ3) is 5.72. The van der Waals surface area contributed by atoms with Gasteiger partial charge >= 0.3 is 5.97 Å². The number of halogens is 2. The molecule has 1 aliphatic rings. The molecular weight excluding hydrogens is 483 g/mol. The van der Waals surface area contributed by atoms with E-state index in [4.69, 9.17) is 25.8 Å². The summed E-state index contributed by atoms with van der Waals surface area (Å²) in [6.07, 6.45) is -0.175. The van der Waals surface area contributed by atoms with Gasteiger partial charge < -0.3 is 19.3 Å². The van der Waals surface area contributed by atoms with Crippen molar-refractivity contribution in [3.63, 3.8) is 0 Å². The number of carboxylic acid groups (broad SMARTS) is 1. The van der Waals surface area contributed by atoms with Gasteiger partial charge in [-0.15, -0.1) is 0 Å². The van der Waals surface area contributed by atoms with Gasteiger partial charge in [0.1, 0.15) is 17.3 Å². The maximum Gasteiger partial charge on any atom is 0.341 e. The molecule has 1 N–H and O–H groups in total. The zero-order chi connectivity index (χ0) is 25.8. The topological polar surface area (TPSA) is 65.0 Å². The average molecular weight is 511 g/mol. The van der Waals surface area contributed by atoms with Crippen molar-refractivity contribution in [2.75, 3.05) is 13.7 Å². The van der Waals surface area contributed by atoms with Crippen LogP contribution >= 0.6 is 11.6 Å². The molecule has 0 spiro atoms. The van der Waals surface area contributed by atoms with Crippen molar-refractivity contribution in [3.8, 4) is 11.5 Å². The molecule has 0 aliphatic carbocycles. The van der Waals surface area contributed by atoms with Crippen molar-refractivity contribution < 1.29 is 28.5 Å². The highest BCUT2D eigenvalue weighted by Gasteiger charge is 2.41. The Balaban J connectivity index is 1.80. The van der Waals surface area contributed by atoms with Crippen LogP contribution in [0.3, 0.4) is 0 Å². The largest absolute Gasteiger partial charge is 0.497 e. The summed E-state index contributed by atoms with van der Waals surface area (Å²) in [6.45, 7) is 5.69. The lowest BCUT2D eigenvalue weighted by Gasteiger charge is -2.43. The van der Waals surface area contributed by atoms with Crippen LogP contribution in [0.1, 0.15) is 48.2 Å². The van der Waals surface area contributed by atoms with Crippen molar-refractivity contribution in [2.24, 2.45) is 5.92 Å². The molecule has 0 saturated carbocycles. The minimum atomic E-state index is -1.09. The van der Waals surface area contributed by atoms with Gasteiger partial charge in [-0.3, -0.25) is 0 Å². The smallest absolute Gasteiger partial charge is 0.341 e. The third-order valence-corrected chi connectivity index (χ3v) is 6.79. The highest BCUT2D eigenvalue weighted by Crippen LogP contribution is 2.53. The van der Waals surface area contributed by atoms with E-state index in [0.29, 0.717) is 28.5 Å². The van der Waals surface area contributed by atoms with E-state index < -0.39 is 24.8 Å². The van der Waals surface area contributed by atoms with Gasteiger partial charge in [0.05, 0.1) is 19.3 Å². The number of methoxy groups -OCH3 is 1. The summed E-state index contributed by atoms with van der Waals surface area (Å²) in [5.74, 6) is -0.646. The average Bonchev–Trinajstić information content (AvgIpc) is 2.87. The Labute approximate surface area is 215 Å². The molecule has 0 unspecified atom stereocenters. The van der Waals surface area contributed by atoms with Crippen LogP contribution in [0.4, 0.5) is 4.39 Å². The minimum absolute atomic E-state index is 0.0488. The quantitative estimate of drug-likeness (QED) is 0.326. The minimum Gasteiger partial charge on any atom is -0.497 e. The number of hydrogen-bond acceptors (Lipinski definition) is 4. The van der Waals surface area contributed by atoms with E-state index in [0.717, 1.165) is 16.7 Å². The number of carboxylic acids is 1. The van der Waals surface area contributed by atoms with E-state index in [2.05, 4.69) is 6.58 Å².